The molecule has 3 N–H and O–H groups in total. The topological polar surface area (TPSA) is 75.4 Å². The summed E-state index contributed by atoms with van der Waals surface area (Å²) in [5, 5.41) is 2.72. The molecular weight excluding hydrogens is 218 g/mol. The first-order chi connectivity index (χ1) is 7.89. The van der Waals surface area contributed by atoms with Crippen LogP contribution in [-0.2, 0) is 9.59 Å². The fraction of sp³-hybridized carbons (Fsp3) is 0.333. The second-order valence-corrected chi connectivity index (χ2v) is 4.68. The van der Waals surface area contributed by atoms with Crippen LogP contribution in [0.3, 0.4) is 0 Å². The number of rotatable bonds is 1. The predicted octanol–water partition coefficient (Wildman–Crippen LogP) is 0.709. The first-order valence-corrected chi connectivity index (χ1v) is 5.39. The highest BCUT2D eigenvalue weighted by atomic mass is 16.2. The number of hydrogen-bond acceptors (Lipinski definition) is 3. The molecule has 0 atom stereocenters. The Morgan fingerprint density at radius 1 is 1.41 bits per heavy atom. The maximum absolute atomic E-state index is 12.1. The van der Waals surface area contributed by atoms with Crippen LogP contribution in [0.5, 0.6) is 0 Å². The van der Waals surface area contributed by atoms with Crippen molar-refractivity contribution in [1.82, 2.24) is 0 Å². The largest absolute Gasteiger partial charge is 0.323 e. The molecule has 0 spiro atoms. The zero-order valence-corrected chi connectivity index (χ0v) is 9.86. The van der Waals surface area contributed by atoms with E-state index in [0.29, 0.717) is 11.4 Å². The van der Waals surface area contributed by atoms with Crippen molar-refractivity contribution in [2.24, 2.45) is 5.73 Å². The Balaban J connectivity index is 2.43. The van der Waals surface area contributed by atoms with Crippen LogP contribution in [0.1, 0.15) is 13.8 Å². The van der Waals surface area contributed by atoms with Gasteiger partial charge in [-0.2, -0.15) is 0 Å². The maximum Gasteiger partial charge on any atom is 0.247 e. The van der Waals surface area contributed by atoms with Gasteiger partial charge in [0, 0.05) is 0 Å². The SMILES string of the molecule is CC(C)(N)C(=O)N1CC(=O)Nc2ccccc21. The molecule has 1 aliphatic heterocycles. The van der Waals surface area contributed by atoms with E-state index in [2.05, 4.69) is 5.32 Å². The molecule has 0 radical (unpaired) electrons. The Hall–Kier alpha value is -1.88. The molecule has 0 fully saturated rings. The van der Waals surface area contributed by atoms with Gasteiger partial charge in [0.05, 0.1) is 16.9 Å². The highest BCUT2D eigenvalue weighted by Crippen LogP contribution is 2.29. The van der Waals surface area contributed by atoms with Crippen molar-refractivity contribution in [2.75, 3.05) is 16.8 Å². The van der Waals surface area contributed by atoms with E-state index in [1.807, 2.05) is 6.07 Å². The lowest BCUT2D eigenvalue weighted by Gasteiger charge is -2.33. The van der Waals surface area contributed by atoms with Crippen molar-refractivity contribution in [1.29, 1.82) is 0 Å². The summed E-state index contributed by atoms with van der Waals surface area (Å²) >= 11 is 0. The van der Waals surface area contributed by atoms with Gasteiger partial charge in [0.15, 0.2) is 0 Å². The molecule has 0 saturated carbocycles. The zero-order chi connectivity index (χ0) is 12.6. The lowest BCUT2D eigenvalue weighted by Crippen LogP contribution is -2.54. The molecule has 1 aromatic carbocycles. The number of benzene rings is 1. The van der Waals surface area contributed by atoms with Crippen LogP contribution >= 0.6 is 0 Å². The molecule has 0 aromatic heterocycles. The first-order valence-electron chi connectivity index (χ1n) is 5.39. The summed E-state index contributed by atoms with van der Waals surface area (Å²) in [6, 6.07) is 7.18. The van der Waals surface area contributed by atoms with E-state index >= 15 is 0 Å². The number of carbonyl (C=O) groups excluding carboxylic acids is 2. The van der Waals surface area contributed by atoms with E-state index < -0.39 is 5.54 Å². The van der Waals surface area contributed by atoms with Crippen molar-refractivity contribution in [2.45, 2.75) is 19.4 Å². The molecule has 1 heterocycles. The maximum atomic E-state index is 12.1. The number of nitrogens with two attached hydrogens (primary N) is 1. The summed E-state index contributed by atoms with van der Waals surface area (Å²) in [6.45, 7) is 3.27. The molecule has 1 aromatic rings. The Bertz CT molecular complexity index is 477. The van der Waals surface area contributed by atoms with Crippen LogP contribution in [0.15, 0.2) is 24.3 Å². The number of amides is 2. The molecule has 2 amide bonds. The Morgan fingerprint density at radius 3 is 2.71 bits per heavy atom. The highest BCUT2D eigenvalue weighted by Gasteiger charge is 2.33. The van der Waals surface area contributed by atoms with Crippen LogP contribution in [0, 0.1) is 0 Å². The molecular formula is C12H15N3O2. The summed E-state index contributed by atoms with van der Waals surface area (Å²) < 4.78 is 0. The van der Waals surface area contributed by atoms with Gasteiger partial charge in [-0.3, -0.25) is 14.5 Å². The van der Waals surface area contributed by atoms with E-state index in [9.17, 15) is 9.59 Å². The van der Waals surface area contributed by atoms with Gasteiger partial charge in [0.2, 0.25) is 11.8 Å². The molecule has 2 rings (SSSR count). The van der Waals surface area contributed by atoms with Gasteiger partial charge in [0.1, 0.15) is 6.54 Å². The highest BCUT2D eigenvalue weighted by molar-refractivity contribution is 6.12. The average Bonchev–Trinajstić information content (AvgIpc) is 2.25. The second-order valence-electron chi connectivity index (χ2n) is 4.68. The van der Waals surface area contributed by atoms with Crippen molar-refractivity contribution in [3.8, 4) is 0 Å². The van der Waals surface area contributed by atoms with E-state index in [1.54, 1.807) is 32.0 Å². The molecule has 17 heavy (non-hydrogen) atoms. The normalized spacial score (nSPS) is 15.2. The first kappa shape index (κ1) is 11.6. The van der Waals surface area contributed by atoms with Crippen LogP contribution in [0.4, 0.5) is 11.4 Å². The molecule has 0 aliphatic carbocycles. The van der Waals surface area contributed by atoms with Crippen LogP contribution in [0.25, 0.3) is 0 Å². The Kier molecular flexibility index (Phi) is 2.63. The monoisotopic (exact) mass is 233 g/mol. The van der Waals surface area contributed by atoms with Gasteiger partial charge in [-0.1, -0.05) is 12.1 Å². The zero-order valence-electron chi connectivity index (χ0n) is 9.86. The lowest BCUT2D eigenvalue weighted by molar-refractivity contribution is -0.124. The lowest BCUT2D eigenvalue weighted by atomic mass is 10.0. The minimum absolute atomic E-state index is 0.0104. The third-order valence-electron chi connectivity index (χ3n) is 2.57. The molecule has 0 unspecified atom stereocenters. The molecule has 0 bridgehead atoms. The number of nitrogens with zero attached hydrogens (tertiary/aromatic N) is 1. The standard InChI is InChI=1S/C12H15N3O2/c1-12(2,13)11(17)15-7-10(16)14-8-5-3-4-6-9(8)15/h3-6H,7,13H2,1-2H3,(H,14,16). The third kappa shape index (κ3) is 2.14. The van der Waals surface area contributed by atoms with Crippen LogP contribution in [0.2, 0.25) is 0 Å². The number of carbonyl (C=O) groups is 2. The summed E-state index contributed by atoms with van der Waals surface area (Å²) in [4.78, 5) is 25.1. The van der Waals surface area contributed by atoms with E-state index in [0.717, 1.165) is 0 Å². The number of nitrogens with one attached hydrogen (secondary N) is 1. The summed E-state index contributed by atoms with van der Waals surface area (Å²) in [6.07, 6.45) is 0. The van der Waals surface area contributed by atoms with Gasteiger partial charge < -0.3 is 11.1 Å². The van der Waals surface area contributed by atoms with Gasteiger partial charge in [0.25, 0.3) is 0 Å². The fourth-order valence-electron chi connectivity index (χ4n) is 1.76. The molecule has 5 nitrogen and oxygen atoms in total. The quantitative estimate of drug-likeness (QED) is 0.750. The van der Waals surface area contributed by atoms with Crippen LogP contribution in [-0.4, -0.2) is 23.9 Å². The molecule has 5 heteroatoms. The summed E-state index contributed by atoms with van der Waals surface area (Å²) in [7, 11) is 0. The van der Waals surface area contributed by atoms with Crippen molar-refractivity contribution in [3.05, 3.63) is 24.3 Å². The average molecular weight is 233 g/mol. The summed E-state index contributed by atoms with van der Waals surface area (Å²) in [5.41, 5.74) is 6.12. The van der Waals surface area contributed by atoms with Crippen molar-refractivity contribution in [3.63, 3.8) is 0 Å². The van der Waals surface area contributed by atoms with Gasteiger partial charge >= 0.3 is 0 Å². The number of hydrogen-bond donors (Lipinski definition) is 2. The van der Waals surface area contributed by atoms with Crippen molar-refractivity contribution < 1.29 is 9.59 Å². The van der Waals surface area contributed by atoms with E-state index in [-0.39, 0.29) is 18.4 Å². The molecule has 1 aliphatic rings. The number of fused-ring (bicyclic) bond motifs is 1. The minimum Gasteiger partial charge on any atom is -0.323 e. The molecule has 90 valence electrons. The minimum atomic E-state index is -0.995. The van der Waals surface area contributed by atoms with Crippen LogP contribution < -0.4 is 16.0 Å². The van der Waals surface area contributed by atoms with Gasteiger partial charge in [-0.15, -0.1) is 0 Å². The second kappa shape index (κ2) is 3.85. The number of para-hydroxylation sites is 2. The molecule has 0 saturated heterocycles. The van der Waals surface area contributed by atoms with E-state index in [4.69, 9.17) is 5.73 Å². The fourth-order valence-corrected chi connectivity index (χ4v) is 1.76. The van der Waals surface area contributed by atoms with E-state index in [1.165, 1.54) is 4.90 Å². The van der Waals surface area contributed by atoms with Gasteiger partial charge in [-0.05, 0) is 26.0 Å². The number of anilines is 2. The smallest absolute Gasteiger partial charge is 0.247 e. The predicted molar refractivity (Wildman–Crippen MR) is 65.7 cm³/mol. The Morgan fingerprint density at radius 2 is 2.06 bits per heavy atom. The van der Waals surface area contributed by atoms with Gasteiger partial charge in [-0.25, -0.2) is 0 Å². The third-order valence-corrected chi connectivity index (χ3v) is 2.57. The Labute approximate surface area is 99.6 Å². The van der Waals surface area contributed by atoms with Crippen molar-refractivity contribution >= 4 is 23.2 Å². The summed E-state index contributed by atoms with van der Waals surface area (Å²) in [5.74, 6) is -0.471.